The van der Waals surface area contributed by atoms with Crippen molar-refractivity contribution < 1.29 is 0 Å². The van der Waals surface area contributed by atoms with Gasteiger partial charge in [0, 0.05) is 12.7 Å². The Morgan fingerprint density at radius 3 is 2.73 bits per heavy atom. The van der Waals surface area contributed by atoms with E-state index in [-0.39, 0.29) is 0 Å². The summed E-state index contributed by atoms with van der Waals surface area (Å²) in [6, 6.07) is 10.4. The summed E-state index contributed by atoms with van der Waals surface area (Å²) in [6.07, 6.45) is 3.28. The average molecular weight is 220 g/mol. The first kappa shape index (κ1) is 10.7. The van der Waals surface area contributed by atoms with Gasteiger partial charge in [-0.25, -0.2) is 4.98 Å². The van der Waals surface area contributed by atoms with Crippen molar-refractivity contribution in [1.82, 2.24) is 4.98 Å². The van der Waals surface area contributed by atoms with Crippen LogP contribution in [0, 0.1) is 0 Å². The van der Waals surface area contributed by atoms with Gasteiger partial charge in [-0.2, -0.15) is 0 Å². The molecular weight excluding hydrogens is 200 g/mol. The summed E-state index contributed by atoms with van der Waals surface area (Å²) in [6.45, 7) is 5.94. The van der Waals surface area contributed by atoms with Crippen molar-refractivity contribution in [3.8, 4) is 0 Å². The predicted molar refractivity (Wildman–Crippen MR) is 67.7 cm³/mol. The maximum absolute atomic E-state index is 4.51. The van der Waals surface area contributed by atoms with Crippen molar-refractivity contribution in [2.75, 3.05) is 11.1 Å². The number of anilines is 1. The summed E-state index contributed by atoms with van der Waals surface area (Å²) < 4.78 is 2.65. The van der Waals surface area contributed by atoms with E-state index in [1.54, 1.807) is 0 Å². The molecule has 0 aliphatic carbocycles. The van der Waals surface area contributed by atoms with Gasteiger partial charge in [0.2, 0.25) is 0 Å². The van der Waals surface area contributed by atoms with Crippen molar-refractivity contribution in [2.24, 2.45) is 0 Å². The van der Waals surface area contributed by atoms with Crippen LogP contribution >= 0.6 is 0 Å². The first-order chi connectivity index (χ1) is 7.32. The van der Waals surface area contributed by atoms with E-state index in [9.17, 15) is 0 Å². The highest BCUT2D eigenvalue weighted by Gasteiger charge is 2.40. The monoisotopic (exact) mass is 220 g/mol. The van der Waals surface area contributed by atoms with Crippen LogP contribution in [-0.4, -0.2) is 19.8 Å². The molecule has 0 bridgehead atoms. The van der Waals surface area contributed by atoms with Gasteiger partial charge in [-0.1, -0.05) is 19.9 Å². The third kappa shape index (κ3) is 1.80. The van der Waals surface area contributed by atoms with Crippen LogP contribution in [0.15, 0.2) is 24.4 Å². The molecule has 82 valence electrons. The molecule has 1 aromatic heterocycles. The van der Waals surface area contributed by atoms with Crippen molar-refractivity contribution in [3.05, 3.63) is 24.4 Å². The molecule has 0 saturated carbocycles. The highest BCUT2D eigenvalue weighted by Crippen LogP contribution is 2.35. The molecule has 1 aromatic rings. The fourth-order valence-corrected chi connectivity index (χ4v) is 7.10. The Morgan fingerprint density at radius 1 is 1.33 bits per heavy atom. The number of aromatic nitrogens is 1. The van der Waals surface area contributed by atoms with Crippen LogP contribution in [0.4, 0.5) is 5.82 Å². The molecule has 2 rings (SSSR count). The van der Waals surface area contributed by atoms with Crippen molar-refractivity contribution in [3.63, 3.8) is 0 Å². The van der Waals surface area contributed by atoms with Crippen LogP contribution < -0.4 is 4.57 Å². The molecule has 1 fully saturated rings. The largest absolute Gasteiger partial charge is 0.383 e. The standard InChI is InChI=1S/C12H20N2Si/c1-3-15(4-2)11-7-10-14(15)12-8-5-6-9-13-12/h5-6,8-9H,3-4,7,10-11H2,1-2H3. The van der Waals surface area contributed by atoms with Crippen LogP contribution in [0.25, 0.3) is 0 Å². The summed E-state index contributed by atoms with van der Waals surface area (Å²) >= 11 is 0. The lowest BCUT2D eigenvalue weighted by atomic mass is 10.4. The zero-order valence-corrected chi connectivity index (χ0v) is 10.7. The van der Waals surface area contributed by atoms with Gasteiger partial charge in [-0.15, -0.1) is 0 Å². The number of hydrogen-bond donors (Lipinski definition) is 0. The number of nitrogens with zero attached hydrogens (tertiary/aromatic N) is 2. The van der Waals surface area contributed by atoms with Crippen molar-refractivity contribution in [1.29, 1.82) is 0 Å². The van der Waals surface area contributed by atoms with Gasteiger partial charge in [0.25, 0.3) is 0 Å². The van der Waals surface area contributed by atoms with Crippen LogP contribution in [0.1, 0.15) is 20.3 Å². The summed E-state index contributed by atoms with van der Waals surface area (Å²) in [5, 5.41) is 0. The molecule has 2 heterocycles. The van der Waals surface area contributed by atoms with E-state index in [1.807, 2.05) is 12.3 Å². The highest BCUT2D eigenvalue weighted by molar-refractivity contribution is 6.83. The van der Waals surface area contributed by atoms with Crippen LogP contribution in [0.5, 0.6) is 0 Å². The summed E-state index contributed by atoms with van der Waals surface area (Å²) in [5.41, 5.74) is 0. The van der Waals surface area contributed by atoms with Crippen LogP contribution in [0.2, 0.25) is 18.1 Å². The number of rotatable bonds is 3. The molecule has 2 nitrogen and oxygen atoms in total. The van der Waals surface area contributed by atoms with Gasteiger partial charge < -0.3 is 4.57 Å². The van der Waals surface area contributed by atoms with E-state index < -0.39 is 8.24 Å². The highest BCUT2D eigenvalue weighted by atomic mass is 28.3. The van der Waals surface area contributed by atoms with Crippen molar-refractivity contribution >= 4 is 14.1 Å². The molecule has 0 radical (unpaired) electrons. The van der Waals surface area contributed by atoms with Gasteiger partial charge in [0.05, 0.1) is 0 Å². The van der Waals surface area contributed by atoms with E-state index in [2.05, 4.69) is 35.5 Å². The second-order valence-electron chi connectivity index (χ2n) is 4.37. The van der Waals surface area contributed by atoms with E-state index >= 15 is 0 Å². The summed E-state index contributed by atoms with van der Waals surface area (Å²) in [7, 11) is -1.18. The summed E-state index contributed by atoms with van der Waals surface area (Å²) in [4.78, 5) is 4.51. The van der Waals surface area contributed by atoms with Crippen LogP contribution in [0.3, 0.4) is 0 Å². The Bertz CT molecular complexity index is 309. The van der Waals surface area contributed by atoms with Crippen LogP contribution in [-0.2, 0) is 0 Å². The topological polar surface area (TPSA) is 16.1 Å². The molecule has 0 amide bonds. The maximum atomic E-state index is 4.51. The van der Waals surface area contributed by atoms with Gasteiger partial charge in [-0.05, 0) is 36.7 Å². The molecule has 15 heavy (non-hydrogen) atoms. The Balaban J connectivity index is 2.29. The molecule has 3 heteroatoms. The first-order valence-corrected chi connectivity index (χ1v) is 8.58. The molecule has 0 N–H and O–H groups in total. The Morgan fingerprint density at radius 2 is 2.13 bits per heavy atom. The Kier molecular flexibility index (Phi) is 3.10. The Hall–Kier alpha value is -0.833. The molecule has 0 aromatic carbocycles. The van der Waals surface area contributed by atoms with E-state index in [4.69, 9.17) is 0 Å². The lowest BCUT2D eigenvalue weighted by Gasteiger charge is -2.36. The second-order valence-corrected chi connectivity index (χ2v) is 9.28. The normalized spacial score (nSPS) is 19.5. The minimum Gasteiger partial charge on any atom is -0.383 e. The second kappa shape index (κ2) is 4.35. The van der Waals surface area contributed by atoms with Gasteiger partial charge in [0.1, 0.15) is 5.82 Å². The molecule has 0 atom stereocenters. The molecule has 0 spiro atoms. The fraction of sp³-hybridized carbons (Fsp3) is 0.583. The first-order valence-electron chi connectivity index (χ1n) is 6.01. The fourth-order valence-electron chi connectivity index (χ4n) is 2.79. The predicted octanol–water partition coefficient (Wildman–Crippen LogP) is 3.28. The molecule has 1 aliphatic heterocycles. The van der Waals surface area contributed by atoms with E-state index in [1.165, 1.54) is 36.9 Å². The van der Waals surface area contributed by atoms with E-state index in [0.717, 1.165) is 0 Å². The van der Waals surface area contributed by atoms with E-state index in [0.29, 0.717) is 0 Å². The Labute approximate surface area is 93.4 Å². The molecule has 1 aliphatic rings. The third-order valence-corrected chi connectivity index (χ3v) is 9.35. The molecule has 1 saturated heterocycles. The minimum absolute atomic E-state index is 1.18. The number of hydrogen-bond acceptors (Lipinski definition) is 2. The third-order valence-electron chi connectivity index (χ3n) is 3.84. The van der Waals surface area contributed by atoms with Gasteiger partial charge in [0.15, 0.2) is 8.24 Å². The maximum Gasteiger partial charge on any atom is 0.158 e. The summed E-state index contributed by atoms with van der Waals surface area (Å²) in [5.74, 6) is 1.21. The zero-order valence-electron chi connectivity index (χ0n) is 9.74. The SMILES string of the molecule is CC[Si]1(CC)CCCN1c1ccccn1. The lowest BCUT2D eigenvalue weighted by Crippen LogP contribution is -2.48. The zero-order chi connectivity index (χ0) is 10.7. The average Bonchev–Trinajstić information content (AvgIpc) is 2.74. The minimum atomic E-state index is -1.18. The molecular formula is C12H20N2Si. The van der Waals surface area contributed by atoms with Gasteiger partial charge >= 0.3 is 0 Å². The number of pyridine rings is 1. The quantitative estimate of drug-likeness (QED) is 0.727. The smallest absolute Gasteiger partial charge is 0.158 e. The van der Waals surface area contributed by atoms with Crippen molar-refractivity contribution in [2.45, 2.75) is 38.4 Å². The van der Waals surface area contributed by atoms with Gasteiger partial charge in [-0.3, -0.25) is 0 Å². The molecule has 0 unspecified atom stereocenters. The lowest BCUT2D eigenvalue weighted by molar-refractivity contribution is 0.965.